The number of benzene rings is 1. The molecule has 2 N–H and O–H groups in total. The molecule has 0 aliphatic rings. The van der Waals surface area contributed by atoms with Crippen molar-refractivity contribution in [1.82, 2.24) is 5.32 Å². The quantitative estimate of drug-likeness (QED) is 0.343. The minimum absolute atomic E-state index is 0.348. The van der Waals surface area contributed by atoms with E-state index in [1.165, 1.54) is 0 Å². The van der Waals surface area contributed by atoms with Crippen LogP contribution in [0.2, 0.25) is 0 Å². The summed E-state index contributed by atoms with van der Waals surface area (Å²) in [5, 5.41) is 14.2. The Morgan fingerprint density at radius 2 is 2.15 bits per heavy atom. The molecule has 20 heavy (non-hydrogen) atoms. The fraction of sp³-hybridized carbons (Fsp3) is 0.231. The highest BCUT2D eigenvalue weighted by Crippen LogP contribution is 2.11. The van der Waals surface area contributed by atoms with Crippen LogP contribution >= 0.6 is 0 Å². The number of aliphatic carboxylic acids is 1. The van der Waals surface area contributed by atoms with E-state index < -0.39 is 18.4 Å². The molecule has 0 aromatic heterocycles. The highest BCUT2D eigenvalue weighted by molar-refractivity contribution is 5.98. The number of nitrogens with one attached hydrogen (secondary N) is 1. The molecular formula is C13H14N4O3. The van der Waals surface area contributed by atoms with Gasteiger partial charge in [0, 0.05) is 17.0 Å². The molecule has 1 rings (SSSR count). The third kappa shape index (κ3) is 5.24. The summed E-state index contributed by atoms with van der Waals surface area (Å²) in [7, 11) is 0. The zero-order chi connectivity index (χ0) is 14.8. The molecule has 0 saturated heterocycles. The number of rotatable bonds is 7. The minimum Gasteiger partial charge on any atom is -0.480 e. The van der Waals surface area contributed by atoms with Crippen molar-refractivity contribution in [3.63, 3.8) is 0 Å². The number of amides is 1. The first-order valence-corrected chi connectivity index (χ1v) is 5.91. The molecule has 104 valence electrons. The van der Waals surface area contributed by atoms with Crippen LogP contribution in [-0.2, 0) is 4.79 Å². The lowest BCUT2D eigenvalue weighted by Crippen LogP contribution is -2.29. The van der Waals surface area contributed by atoms with Gasteiger partial charge in [-0.1, -0.05) is 35.5 Å². The van der Waals surface area contributed by atoms with Gasteiger partial charge in [-0.25, -0.2) is 0 Å². The number of nitrogens with zero attached hydrogens (tertiary/aromatic N) is 3. The Balaban J connectivity index is 2.74. The van der Waals surface area contributed by atoms with Crippen LogP contribution in [0, 0.1) is 0 Å². The van der Waals surface area contributed by atoms with Gasteiger partial charge in [0.2, 0.25) is 0 Å². The SMILES string of the molecule is [N-]=[N+]=NCCC=Cc1ccccc1C(=O)NCC(=O)O. The lowest BCUT2D eigenvalue weighted by molar-refractivity contribution is -0.135. The number of carbonyl (C=O) groups is 2. The van der Waals surface area contributed by atoms with Crippen LogP contribution in [0.3, 0.4) is 0 Å². The van der Waals surface area contributed by atoms with Crippen molar-refractivity contribution in [3.05, 3.63) is 51.9 Å². The standard InChI is InChI=1S/C13H14N4O3/c14-17-16-8-4-3-6-10-5-1-2-7-11(10)13(20)15-9-12(18)19/h1-3,5-7H,4,8-9H2,(H,15,20)(H,18,19). The molecular weight excluding hydrogens is 260 g/mol. The van der Waals surface area contributed by atoms with Gasteiger partial charge in [0.05, 0.1) is 0 Å². The van der Waals surface area contributed by atoms with Gasteiger partial charge in [0.25, 0.3) is 5.91 Å². The Hall–Kier alpha value is -2.79. The number of carbonyl (C=O) groups excluding carboxylic acids is 1. The molecule has 7 nitrogen and oxygen atoms in total. The number of hydrogen-bond acceptors (Lipinski definition) is 3. The van der Waals surface area contributed by atoms with Crippen LogP contribution in [0.5, 0.6) is 0 Å². The van der Waals surface area contributed by atoms with E-state index >= 15 is 0 Å². The average Bonchev–Trinajstić information content (AvgIpc) is 2.45. The van der Waals surface area contributed by atoms with Crippen molar-refractivity contribution in [2.24, 2.45) is 5.11 Å². The first-order chi connectivity index (χ1) is 9.65. The summed E-state index contributed by atoms with van der Waals surface area (Å²) in [6, 6.07) is 6.85. The second-order valence-corrected chi connectivity index (χ2v) is 3.81. The van der Waals surface area contributed by atoms with E-state index in [2.05, 4.69) is 15.3 Å². The maximum Gasteiger partial charge on any atom is 0.322 e. The molecule has 0 aliphatic heterocycles. The van der Waals surface area contributed by atoms with E-state index in [0.717, 1.165) is 0 Å². The van der Waals surface area contributed by atoms with Crippen molar-refractivity contribution in [2.45, 2.75) is 6.42 Å². The molecule has 0 aliphatic carbocycles. The van der Waals surface area contributed by atoms with E-state index in [1.807, 2.05) is 0 Å². The molecule has 0 atom stereocenters. The molecule has 0 heterocycles. The van der Waals surface area contributed by atoms with Crippen LogP contribution < -0.4 is 5.32 Å². The summed E-state index contributed by atoms with van der Waals surface area (Å²) >= 11 is 0. The topological polar surface area (TPSA) is 115 Å². The third-order valence-electron chi connectivity index (χ3n) is 2.36. The van der Waals surface area contributed by atoms with E-state index in [1.54, 1.807) is 36.4 Å². The first-order valence-electron chi connectivity index (χ1n) is 5.91. The molecule has 0 unspecified atom stereocenters. The molecule has 0 radical (unpaired) electrons. The number of carboxylic acid groups (broad SMARTS) is 1. The number of azide groups is 1. The summed E-state index contributed by atoms with van der Waals surface area (Å²) in [5.74, 6) is -1.54. The molecule has 0 bridgehead atoms. The van der Waals surface area contributed by atoms with E-state index in [0.29, 0.717) is 24.1 Å². The van der Waals surface area contributed by atoms with Gasteiger partial charge < -0.3 is 10.4 Å². The van der Waals surface area contributed by atoms with Crippen LogP contribution in [0.15, 0.2) is 35.5 Å². The highest BCUT2D eigenvalue weighted by Gasteiger charge is 2.09. The predicted octanol–water partition coefficient (Wildman–Crippen LogP) is 2.21. The Labute approximate surface area is 115 Å². The maximum absolute atomic E-state index is 11.8. The first kappa shape index (κ1) is 15.3. The van der Waals surface area contributed by atoms with Gasteiger partial charge in [-0.15, -0.1) is 0 Å². The molecule has 0 fully saturated rings. The lowest BCUT2D eigenvalue weighted by Gasteiger charge is -2.05. The van der Waals surface area contributed by atoms with Gasteiger partial charge in [-0.3, -0.25) is 9.59 Å². The maximum atomic E-state index is 11.8. The monoisotopic (exact) mass is 274 g/mol. The van der Waals surface area contributed by atoms with Crippen molar-refractivity contribution >= 4 is 18.0 Å². The van der Waals surface area contributed by atoms with Crippen LogP contribution in [0.25, 0.3) is 16.5 Å². The second kappa shape index (κ2) is 8.34. The Morgan fingerprint density at radius 3 is 2.85 bits per heavy atom. The number of hydrogen-bond donors (Lipinski definition) is 2. The second-order valence-electron chi connectivity index (χ2n) is 3.81. The summed E-state index contributed by atoms with van der Waals surface area (Å²) in [4.78, 5) is 24.9. The van der Waals surface area contributed by atoms with Crippen LogP contribution in [0.4, 0.5) is 0 Å². The minimum atomic E-state index is -1.10. The number of carboxylic acids is 1. The van der Waals surface area contributed by atoms with Crippen molar-refractivity contribution in [2.75, 3.05) is 13.1 Å². The summed E-state index contributed by atoms with van der Waals surface area (Å²) in [6.07, 6.45) is 4.09. The van der Waals surface area contributed by atoms with E-state index in [9.17, 15) is 9.59 Å². The fourth-order valence-corrected chi connectivity index (χ4v) is 1.49. The molecule has 1 aromatic carbocycles. The van der Waals surface area contributed by atoms with Crippen molar-refractivity contribution in [1.29, 1.82) is 0 Å². The molecule has 7 heteroatoms. The Morgan fingerprint density at radius 1 is 1.40 bits per heavy atom. The highest BCUT2D eigenvalue weighted by atomic mass is 16.4. The van der Waals surface area contributed by atoms with E-state index in [-0.39, 0.29) is 0 Å². The fourth-order valence-electron chi connectivity index (χ4n) is 1.49. The molecule has 0 saturated carbocycles. The average molecular weight is 274 g/mol. The zero-order valence-corrected chi connectivity index (χ0v) is 10.7. The zero-order valence-electron chi connectivity index (χ0n) is 10.7. The van der Waals surface area contributed by atoms with Gasteiger partial charge >= 0.3 is 5.97 Å². The molecule has 1 aromatic rings. The molecule has 1 amide bonds. The largest absolute Gasteiger partial charge is 0.480 e. The smallest absolute Gasteiger partial charge is 0.322 e. The van der Waals surface area contributed by atoms with Crippen LogP contribution in [-0.4, -0.2) is 30.1 Å². The van der Waals surface area contributed by atoms with Gasteiger partial charge in [0.15, 0.2) is 0 Å². The summed E-state index contributed by atoms with van der Waals surface area (Å²) in [5.41, 5.74) is 9.21. The van der Waals surface area contributed by atoms with E-state index in [4.69, 9.17) is 10.6 Å². The molecule has 0 spiro atoms. The predicted molar refractivity (Wildman–Crippen MR) is 74.1 cm³/mol. The van der Waals surface area contributed by atoms with Gasteiger partial charge in [0.1, 0.15) is 6.54 Å². The third-order valence-corrected chi connectivity index (χ3v) is 2.36. The summed E-state index contributed by atoms with van der Waals surface area (Å²) < 4.78 is 0. The van der Waals surface area contributed by atoms with Crippen LogP contribution in [0.1, 0.15) is 22.3 Å². The van der Waals surface area contributed by atoms with Gasteiger partial charge in [-0.2, -0.15) is 0 Å². The normalized spacial score (nSPS) is 10.0. The summed E-state index contributed by atoms with van der Waals surface area (Å²) in [6.45, 7) is -0.0753. The van der Waals surface area contributed by atoms with Crippen molar-refractivity contribution < 1.29 is 14.7 Å². The Kier molecular flexibility index (Phi) is 6.36. The van der Waals surface area contributed by atoms with Crippen molar-refractivity contribution in [3.8, 4) is 0 Å². The lowest BCUT2D eigenvalue weighted by atomic mass is 10.1. The van der Waals surface area contributed by atoms with Gasteiger partial charge in [-0.05, 0) is 23.6 Å². The Bertz CT molecular complexity index is 562.